The summed E-state index contributed by atoms with van der Waals surface area (Å²) in [5, 5.41) is 0. The maximum absolute atomic E-state index is 12.2. The van der Waals surface area contributed by atoms with E-state index in [1.807, 2.05) is 0 Å². The Kier molecular flexibility index (Phi) is 3.40. The lowest BCUT2D eigenvalue weighted by Gasteiger charge is -2.28. The van der Waals surface area contributed by atoms with E-state index in [0.717, 1.165) is 0 Å². The maximum atomic E-state index is 12.2. The molecule has 1 heterocycles. The number of hydrogen-bond acceptors (Lipinski definition) is 4. The summed E-state index contributed by atoms with van der Waals surface area (Å²) in [5.74, 6) is 0. The maximum Gasteiger partial charge on any atom is 0.258 e. The van der Waals surface area contributed by atoms with Crippen LogP contribution in [0.1, 0.15) is 28.2 Å². The summed E-state index contributed by atoms with van der Waals surface area (Å²) in [6, 6.07) is 5.65. The van der Waals surface area contributed by atoms with Crippen LogP contribution in [0, 0.1) is 0 Å². The zero-order chi connectivity index (χ0) is 13.1. The lowest BCUT2D eigenvalue weighted by atomic mass is 10.1. The van der Waals surface area contributed by atoms with Crippen molar-refractivity contribution >= 4 is 20.0 Å². The molecule has 1 aromatic rings. The van der Waals surface area contributed by atoms with Gasteiger partial charge in [-0.3, -0.25) is 0 Å². The van der Waals surface area contributed by atoms with Crippen LogP contribution in [0.4, 0.5) is 0 Å². The van der Waals surface area contributed by atoms with Gasteiger partial charge in [0.15, 0.2) is 0 Å². The second-order valence-corrected chi connectivity index (χ2v) is 8.57. The molecule has 0 spiro atoms. The van der Waals surface area contributed by atoms with Crippen LogP contribution in [-0.4, -0.2) is 26.1 Å². The molecule has 0 unspecified atom stereocenters. The molecule has 0 radical (unpaired) electrons. The van der Waals surface area contributed by atoms with Gasteiger partial charge in [-0.15, -0.1) is 0 Å². The molecule has 2 rings (SSSR count). The first-order valence-electron chi connectivity index (χ1n) is 4.99. The first-order chi connectivity index (χ1) is 7.59. The minimum absolute atomic E-state index is 0. The molecule has 0 fully saturated rings. The molecule has 18 heavy (non-hydrogen) atoms. The second kappa shape index (κ2) is 4.04. The van der Waals surface area contributed by atoms with Crippen LogP contribution in [0.15, 0.2) is 34.1 Å². The Morgan fingerprint density at radius 1 is 0.889 bits per heavy atom. The van der Waals surface area contributed by atoms with Gasteiger partial charge in [0.05, 0.1) is 0 Å². The molecule has 1 aromatic carbocycles. The van der Waals surface area contributed by atoms with Crippen molar-refractivity contribution in [2.24, 2.45) is 0 Å². The Bertz CT molecular complexity index is 616. The van der Waals surface area contributed by atoms with Crippen molar-refractivity contribution in [3.63, 3.8) is 0 Å². The standard InChI is InChI=1S/C10H13NO4S2.CH4/c1-10(2,3)11-16(12,13)8-6-4-5-7-9(8)17(11,14)15;/h4-7H,1-3H3;1H4. The van der Waals surface area contributed by atoms with Gasteiger partial charge in [0, 0.05) is 5.54 Å². The van der Waals surface area contributed by atoms with Gasteiger partial charge in [-0.2, -0.15) is 0 Å². The van der Waals surface area contributed by atoms with Crippen molar-refractivity contribution < 1.29 is 16.8 Å². The fourth-order valence-corrected chi connectivity index (χ4v) is 7.00. The van der Waals surface area contributed by atoms with Crippen LogP contribution < -0.4 is 0 Å². The molecule has 0 amide bonds. The second-order valence-electron chi connectivity index (χ2n) is 4.82. The van der Waals surface area contributed by atoms with Crippen LogP contribution in [0.5, 0.6) is 0 Å². The van der Waals surface area contributed by atoms with Crippen molar-refractivity contribution in [2.75, 3.05) is 0 Å². The predicted molar refractivity (Wildman–Crippen MR) is 69.1 cm³/mol. The Labute approximate surface area is 109 Å². The van der Waals surface area contributed by atoms with E-state index in [0.29, 0.717) is 3.71 Å². The molecule has 1 aliphatic rings. The third-order valence-corrected chi connectivity index (χ3v) is 7.49. The number of rotatable bonds is 0. The van der Waals surface area contributed by atoms with Crippen LogP contribution >= 0.6 is 0 Å². The SMILES string of the molecule is C.CC(C)(C)N1S(=O)(=O)c2ccccc2S1(=O)=O. The fourth-order valence-electron chi connectivity index (χ4n) is 1.91. The van der Waals surface area contributed by atoms with E-state index >= 15 is 0 Å². The van der Waals surface area contributed by atoms with Crippen molar-refractivity contribution in [1.82, 2.24) is 3.71 Å². The minimum Gasteiger partial charge on any atom is -0.206 e. The third kappa shape index (κ3) is 1.86. The van der Waals surface area contributed by atoms with Gasteiger partial charge in [0.1, 0.15) is 9.79 Å². The van der Waals surface area contributed by atoms with Gasteiger partial charge in [-0.05, 0) is 32.9 Å². The zero-order valence-corrected chi connectivity index (χ0v) is 11.3. The molecule has 0 saturated heterocycles. The first-order valence-corrected chi connectivity index (χ1v) is 7.87. The van der Waals surface area contributed by atoms with E-state index in [4.69, 9.17) is 0 Å². The van der Waals surface area contributed by atoms with Gasteiger partial charge in [0.25, 0.3) is 20.0 Å². The molecule has 0 aliphatic carbocycles. The summed E-state index contributed by atoms with van der Waals surface area (Å²) in [7, 11) is -7.93. The molecular formula is C11H17NO4S2. The van der Waals surface area contributed by atoms with Crippen molar-refractivity contribution in [3.05, 3.63) is 24.3 Å². The minimum atomic E-state index is -3.97. The smallest absolute Gasteiger partial charge is 0.206 e. The Morgan fingerprint density at radius 3 is 1.50 bits per heavy atom. The normalized spacial score (nSPS) is 21.1. The molecule has 0 N–H and O–H groups in total. The molecule has 0 atom stereocenters. The molecule has 1 aliphatic heterocycles. The number of benzene rings is 1. The van der Waals surface area contributed by atoms with Gasteiger partial charge < -0.3 is 0 Å². The van der Waals surface area contributed by atoms with Crippen LogP contribution in [-0.2, 0) is 20.0 Å². The summed E-state index contributed by atoms with van der Waals surface area (Å²) < 4.78 is 49.4. The average Bonchev–Trinajstić information content (AvgIpc) is 2.30. The highest BCUT2D eigenvalue weighted by Crippen LogP contribution is 2.40. The first kappa shape index (κ1) is 15.1. The molecule has 7 heteroatoms. The van der Waals surface area contributed by atoms with Gasteiger partial charge in [-0.25, -0.2) is 16.8 Å². The largest absolute Gasteiger partial charge is 0.258 e. The van der Waals surface area contributed by atoms with E-state index in [1.54, 1.807) is 20.8 Å². The van der Waals surface area contributed by atoms with Crippen molar-refractivity contribution in [3.8, 4) is 0 Å². The van der Waals surface area contributed by atoms with Gasteiger partial charge >= 0.3 is 0 Å². The fraction of sp³-hybridized carbons (Fsp3) is 0.455. The van der Waals surface area contributed by atoms with E-state index in [1.165, 1.54) is 24.3 Å². The van der Waals surface area contributed by atoms with Crippen LogP contribution in [0.3, 0.4) is 0 Å². The number of fused-ring (bicyclic) bond motifs is 1. The highest BCUT2D eigenvalue weighted by Gasteiger charge is 2.52. The predicted octanol–water partition coefficient (Wildman–Crippen LogP) is 1.81. The van der Waals surface area contributed by atoms with Gasteiger partial charge in [0.2, 0.25) is 0 Å². The quantitative estimate of drug-likeness (QED) is 0.731. The molecule has 102 valence electrons. The van der Waals surface area contributed by atoms with Crippen LogP contribution in [0.2, 0.25) is 0 Å². The number of hydrogen-bond donors (Lipinski definition) is 0. The molecule has 0 bridgehead atoms. The lowest BCUT2D eigenvalue weighted by molar-refractivity contribution is 0.357. The van der Waals surface area contributed by atoms with E-state index in [9.17, 15) is 16.8 Å². The zero-order valence-electron chi connectivity index (χ0n) is 9.71. The number of sulfonamides is 2. The van der Waals surface area contributed by atoms with Crippen molar-refractivity contribution in [2.45, 2.75) is 43.5 Å². The Balaban J connectivity index is 0.00000162. The monoisotopic (exact) mass is 291 g/mol. The summed E-state index contributed by atoms with van der Waals surface area (Å²) in [4.78, 5) is -0.287. The van der Waals surface area contributed by atoms with E-state index in [-0.39, 0.29) is 17.2 Å². The average molecular weight is 291 g/mol. The van der Waals surface area contributed by atoms with E-state index in [2.05, 4.69) is 0 Å². The molecule has 0 aromatic heterocycles. The Morgan fingerprint density at radius 2 is 1.22 bits per heavy atom. The van der Waals surface area contributed by atoms with Gasteiger partial charge in [-0.1, -0.05) is 23.3 Å². The topological polar surface area (TPSA) is 71.5 Å². The highest BCUT2D eigenvalue weighted by atomic mass is 32.3. The number of nitrogens with zero attached hydrogens (tertiary/aromatic N) is 1. The van der Waals surface area contributed by atoms with Crippen LogP contribution in [0.25, 0.3) is 0 Å². The summed E-state index contributed by atoms with van der Waals surface area (Å²) in [6.07, 6.45) is 0. The summed E-state index contributed by atoms with van der Waals surface area (Å²) >= 11 is 0. The Hall–Kier alpha value is -0.920. The highest BCUT2D eigenvalue weighted by molar-refractivity contribution is 8.06. The van der Waals surface area contributed by atoms with Crippen molar-refractivity contribution in [1.29, 1.82) is 0 Å². The summed E-state index contributed by atoms with van der Waals surface area (Å²) in [5.41, 5.74) is -1.02. The molecular weight excluding hydrogens is 274 g/mol. The lowest BCUT2D eigenvalue weighted by Crippen LogP contribution is -2.45. The molecule has 0 saturated carbocycles. The third-order valence-electron chi connectivity index (χ3n) is 2.39. The van der Waals surface area contributed by atoms with E-state index < -0.39 is 25.6 Å². The summed E-state index contributed by atoms with van der Waals surface area (Å²) in [6.45, 7) is 4.65. The molecule has 5 nitrogen and oxygen atoms in total.